The number of benzene rings is 1. The third-order valence-electron chi connectivity index (χ3n) is 3.73. The summed E-state index contributed by atoms with van der Waals surface area (Å²) >= 11 is 3.60. The van der Waals surface area contributed by atoms with Crippen LogP contribution in [0.4, 0.5) is 0 Å². The molecule has 0 fully saturated rings. The monoisotopic (exact) mass is 325 g/mol. The van der Waals surface area contributed by atoms with Crippen molar-refractivity contribution in [3.63, 3.8) is 0 Å². The predicted octanol–water partition coefficient (Wildman–Crippen LogP) is 5.90. The molecule has 101 valence electrons. The maximum Gasteiger partial charge on any atom is 0.0462 e. The highest BCUT2D eigenvalue weighted by Gasteiger charge is 2.41. The normalized spacial score (nSPS) is 14.9. The standard InChI is InChI=1S/C16H26BrSi/c1-15(2,3)14(18(6)7)16(4,5)12-9-8-10-13(17)11-12/h8-11,14H,1-7H3. The Morgan fingerprint density at radius 2 is 1.61 bits per heavy atom. The van der Waals surface area contributed by atoms with Gasteiger partial charge in [-0.3, -0.25) is 0 Å². The summed E-state index contributed by atoms with van der Waals surface area (Å²) in [5.41, 5.74) is 2.76. The van der Waals surface area contributed by atoms with Crippen molar-refractivity contribution in [2.24, 2.45) is 5.41 Å². The van der Waals surface area contributed by atoms with Crippen molar-refractivity contribution in [2.45, 2.75) is 58.7 Å². The van der Waals surface area contributed by atoms with Crippen LogP contribution in [0.1, 0.15) is 40.2 Å². The molecule has 0 aliphatic carbocycles. The molecule has 0 saturated heterocycles. The molecule has 18 heavy (non-hydrogen) atoms. The van der Waals surface area contributed by atoms with E-state index in [2.05, 4.69) is 87.9 Å². The summed E-state index contributed by atoms with van der Waals surface area (Å²) in [5.74, 6) is 0. The first-order chi connectivity index (χ1) is 8.06. The van der Waals surface area contributed by atoms with E-state index in [0.29, 0.717) is 5.41 Å². The van der Waals surface area contributed by atoms with Gasteiger partial charge in [-0.15, -0.1) is 0 Å². The molecule has 0 amide bonds. The van der Waals surface area contributed by atoms with E-state index in [-0.39, 0.29) is 14.2 Å². The van der Waals surface area contributed by atoms with Gasteiger partial charge in [0, 0.05) is 13.3 Å². The van der Waals surface area contributed by atoms with Crippen LogP contribution in [0.25, 0.3) is 0 Å². The fourth-order valence-corrected chi connectivity index (χ4v) is 7.47. The van der Waals surface area contributed by atoms with Crippen LogP contribution in [0.15, 0.2) is 28.7 Å². The molecular formula is C16H26BrSi. The summed E-state index contributed by atoms with van der Waals surface area (Å²) in [4.78, 5) is 0. The average Bonchev–Trinajstić information content (AvgIpc) is 2.13. The highest BCUT2D eigenvalue weighted by Crippen LogP contribution is 2.49. The second kappa shape index (κ2) is 5.50. The van der Waals surface area contributed by atoms with Crippen molar-refractivity contribution in [1.82, 2.24) is 0 Å². The first kappa shape index (κ1) is 16.0. The molecule has 0 aliphatic rings. The van der Waals surface area contributed by atoms with E-state index in [1.165, 1.54) is 10.0 Å². The molecule has 1 rings (SSSR count). The summed E-state index contributed by atoms with van der Waals surface area (Å²) < 4.78 is 1.18. The second-order valence-corrected chi connectivity index (χ2v) is 10.8. The smallest absolute Gasteiger partial charge is 0.0462 e. The first-order valence-electron chi connectivity index (χ1n) is 6.63. The zero-order valence-corrected chi connectivity index (χ0v) is 15.4. The first-order valence-corrected chi connectivity index (χ1v) is 10.00. The van der Waals surface area contributed by atoms with Gasteiger partial charge in [-0.2, -0.15) is 0 Å². The van der Waals surface area contributed by atoms with Crippen molar-refractivity contribution in [3.05, 3.63) is 34.3 Å². The minimum Gasteiger partial charge on any atom is -0.0710 e. The third-order valence-corrected chi connectivity index (χ3v) is 6.97. The topological polar surface area (TPSA) is 0 Å². The minimum absolute atomic E-state index is 0.222. The molecule has 0 aromatic heterocycles. The molecule has 0 spiro atoms. The molecule has 0 aliphatic heterocycles. The molecule has 0 bridgehead atoms. The van der Waals surface area contributed by atoms with Gasteiger partial charge in [0.05, 0.1) is 0 Å². The molecule has 1 atom stereocenters. The van der Waals surface area contributed by atoms with Crippen LogP contribution in [-0.2, 0) is 5.41 Å². The molecule has 0 saturated carbocycles. The lowest BCUT2D eigenvalue weighted by atomic mass is 9.71. The molecule has 2 heteroatoms. The number of rotatable bonds is 3. The van der Waals surface area contributed by atoms with Gasteiger partial charge in [-0.1, -0.05) is 75.8 Å². The van der Waals surface area contributed by atoms with Crippen LogP contribution in [0.3, 0.4) is 0 Å². The maximum atomic E-state index is 3.60. The van der Waals surface area contributed by atoms with Gasteiger partial charge < -0.3 is 0 Å². The SMILES string of the molecule is C[Si](C)C(C(C)(C)C)C(C)(C)c1cccc(Br)c1. The lowest BCUT2D eigenvalue weighted by molar-refractivity contribution is 0.279. The second-order valence-electron chi connectivity index (χ2n) is 7.11. The minimum atomic E-state index is -0.362. The van der Waals surface area contributed by atoms with Gasteiger partial charge in [0.15, 0.2) is 0 Å². The van der Waals surface area contributed by atoms with E-state index in [0.717, 1.165) is 5.54 Å². The Bertz CT molecular complexity index is 402. The summed E-state index contributed by atoms with van der Waals surface area (Å²) in [5, 5.41) is 0. The van der Waals surface area contributed by atoms with E-state index in [1.54, 1.807) is 0 Å². The van der Waals surface area contributed by atoms with Crippen molar-refractivity contribution in [2.75, 3.05) is 0 Å². The van der Waals surface area contributed by atoms with Crippen LogP contribution in [0.2, 0.25) is 18.6 Å². The highest BCUT2D eigenvalue weighted by molar-refractivity contribution is 9.10. The van der Waals surface area contributed by atoms with Crippen molar-refractivity contribution >= 4 is 24.7 Å². The van der Waals surface area contributed by atoms with Gasteiger partial charge in [0.2, 0.25) is 0 Å². The Balaban J connectivity index is 3.25. The summed E-state index contributed by atoms with van der Waals surface area (Å²) in [6.45, 7) is 16.9. The molecule has 1 aromatic carbocycles. The zero-order chi connectivity index (χ0) is 14.1. The van der Waals surface area contributed by atoms with Crippen LogP contribution < -0.4 is 0 Å². The largest absolute Gasteiger partial charge is 0.0710 e. The molecule has 1 unspecified atom stereocenters. The maximum absolute atomic E-state index is 3.60. The molecule has 0 nitrogen and oxygen atoms in total. The van der Waals surface area contributed by atoms with Gasteiger partial charge in [-0.05, 0) is 34.1 Å². The van der Waals surface area contributed by atoms with E-state index < -0.39 is 0 Å². The Hall–Kier alpha value is -0.0831. The van der Waals surface area contributed by atoms with Crippen LogP contribution in [0.5, 0.6) is 0 Å². The fourth-order valence-electron chi connectivity index (χ4n) is 3.73. The van der Waals surface area contributed by atoms with E-state index in [9.17, 15) is 0 Å². The highest BCUT2D eigenvalue weighted by atomic mass is 79.9. The Morgan fingerprint density at radius 1 is 1.06 bits per heavy atom. The summed E-state index contributed by atoms with van der Waals surface area (Å²) in [6.07, 6.45) is 0. The molecule has 0 N–H and O–H groups in total. The lowest BCUT2D eigenvalue weighted by Gasteiger charge is -2.45. The lowest BCUT2D eigenvalue weighted by Crippen LogP contribution is -2.40. The summed E-state index contributed by atoms with van der Waals surface area (Å²) in [6, 6.07) is 8.81. The van der Waals surface area contributed by atoms with Gasteiger partial charge >= 0.3 is 0 Å². The van der Waals surface area contributed by atoms with E-state index >= 15 is 0 Å². The number of hydrogen-bond donors (Lipinski definition) is 0. The molecule has 1 aromatic rings. The Kier molecular flexibility index (Phi) is 4.88. The molecular weight excluding hydrogens is 300 g/mol. The fraction of sp³-hybridized carbons (Fsp3) is 0.625. The average molecular weight is 326 g/mol. The number of halogens is 1. The summed E-state index contributed by atoms with van der Waals surface area (Å²) in [7, 11) is -0.362. The molecule has 0 heterocycles. The van der Waals surface area contributed by atoms with Crippen LogP contribution in [0, 0.1) is 5.41 Å². The van der Waals surface area contributed by atoms with Gasteiger partial charge in [0.1, 0.15) is 0 Å². The van der Waals surface area contributed by atoms with Crippen molar-refractivity contribution in [3.8, 4) is 0 Å². The van der Waals surface area contributed by atoms with E-state index in [1.807, 2.05) is 0 Å². The predicted molar refractivity (Wildman–Crippen MR) is 87.9 cm³/mol. The molecule has 1 radical (unpaired) electrons. The Labute approximate surface area is 123 Å². The number of hydrogen-bond acceptors (Lipinski definition) is 0. The van der Waals surface area contributed by atoms with E-state index in [4.69, 9.17) is 0 Å². The zero-order valence-electron chi connectivity index (χ0n) is 12.8. The van der Waals surface area contributed by atoms with Crippen LogP contribution >= 0.6 is 15.9 Å². The Morgan fingerprint density at radius 3 is 2.00 bits per heavy atom. The third kappa shape index (κ3) is 3.48. The quantitative estimate of drug-likeness (QED) is 0.607. The van der Waals surface area contributed by atoms with Gasteiger partial charge in [-0.25, -0.2) is 0 Å². The van der Waals surface area contributed by atoms with Crippen molar-refractivity contribution < 1.29 is 0 Å². The van der Waals surface area contributed by atoms with Crippen LogP contribution in [-0.4, -0.2) is 8.80 Å². The van der Waals surface area contributed by atoms with Gasteiger partial charge in [0.25, 0.3) is 0 Å². The van der Waals surface area contributed by atoms with Crippen molar-refractivity contribution in [1.29, 1.82) is 0 Å².